The molecule has 0 bridgehead atoms. The molecule has 8 nitrogen and oxygen atoms in total. The first-order valence-corrected chi connectivity index (χ1v) is 9.84. The van der Waals surface area contributed by atoms with E-state index in [1.165, 1.54) is 0 Å². The molecule has 3 heterocycles. The monoisotopic (exact) mass is 391 g/mol. The van der Waals surface area contributed by atoms with Crippen molar-refractivity contribution in [2.75, 3.05) is 43.4 Å². The summed E-state index contributed by atoms with van der Waals surface area (Å²) in [6, 6.07) is 13.3. The van der Waals surface area contributed by atoms with Gasteiger partial charge in [-0.3, -0.25) is 0 Å². The average molecular weight is 391 g/mol. The summed E-state index contributed by atoms with van der Waals surface area (Å²) in [5.74, 6) is 4.05. The summed E-state index contributed by atoms with van der Waals surface area (Å²) in [6.07, 6.45) is 2.44. The summed E-state index contributed by atoms with van der Waals surface area (Å²) in [4.78, 5) is 22.6. The van der Waals surface area contributed by atoms with Gasteiger partial charge in [-0.05, 0) is 25.2 Å². The standard InChI is InChI=1S/C21H25N7O/c1-3-18-23-20(26-21(25-18)28-13-11-27(2)12-14-28)24-19-15-17(9-10-22-19)29-16-7-5-4-6-8-16/h4-10,15H,3,11-14H2,1-2H3,(H,22,23,24,25,26). The number of piperazine rings is 1. The lowest BCUT2D eigenvalue weighted by atomic mass is 10.3. The number of hydrogen-bond donors (Lipinski definition) is 1. The zero-order chi connectivity index (χ0) is 20.1. The van der Waals surface area contributed by atoms with Crippen molar-refractivity contribution >= 4 is 17.7 Å². The maximum Gasteiger partial charge on any atom is 0.233 e. The number of benzene rings is 1. The molecule has 0 aliphatic carbocycles. The smallest absolute Gasteiger partial charge is 0.233 e. The number of nitrogens with one attached hydrogen (secondary N) is 1. The predicted molar refractivity (Wildman–Crippen MR) is 113 cm³/mol. The van der Waals surface area contributed by atoms with E-state index in [4.69, 9.17) is 4.74 Å². The summed E-state index contributed by atoms with van der Waals surface area (Å²) in [5, 5.41) is 3.20. The largest absolute Gasteiger partial charge is 0.457 e. The molecule has 8 heteroatoms. The lowest BCUT2D eigenvalue weighted by molar-refractivity contribution is 0.311. The SMILES string of the molecule is CCc1nc(Nc2cc(Oc3ccccc3)ccn2)nc(N2CCN(C)CC2)n1. The van der Waals surface area contributed by atoms with Crippen LogP contribution in [0.4, 0.5) is 17.7 Å². The molecular formula is C21H25N7O. The van der Waals surface area contributed by atoms with Gasteiger partial charge in [-0.2, -0.15) is 15.0 Å². The minimum atomic E-state index is 0.495. The van der Waals surface area contributed by atoms with Crippen LogP contribution in [0.25, 0.3) is 0 Å². The Morgan fingerprint density at radius 3 is 2.52 bits per heavy atom. The van der Waals surface area contributed by atoms with Crippen LogP contribution in [0.3, 0.4) is 0 Å². The van der Waals surface area contributed by atoms with E-state index in [1.807, 2.05) is 49.4 Å². The number of aryl methyl sites for hydroxylation is 1. The molecule has 0 amide bonds. The van der Waals surface area contributed by atoms with Gasteiger partial charge in [-0.25, -0.2) is 4.98 Å². The fourth-order valence-electron chi connectivity index (χ4n) is 3.05. The molecule has 0 atom stereocenters. The van der Waals surface area contributed by atoms with Gasteiger partial charge in [-0.1, -0.05) is 25.1 Å². The molecule has 0 unspecified atom stereocenters. The summed E-state index contributed by atoms with van der Waals surface area (Å²) < 4.78 is 5.88. The lowest BCUT2D eigenvalue weighted by Crippen LogP contribution is -2.45. The van der Waals surface area contributed by atoms with Crippen molar-refractivity contribution in [2.24, 2.45) is 0 Å². The van der Waals surface area contributed by atoms with Gasteiger partial charge < -0.3 is 19.9 Å². The number of anilines is 3. The van der Waals surface area contributed by atoms with Gasteiger partial charge in [0.15, 0.2) is 0 Å². The molecule has 1 fully saturated rings. The van der Waals surface area contributed by atoms with Crippen molar-refractivity contribution in [1.29, 1.82) is 0 Å². The number of nitrogens with zero attached hydrogens (tertiary/aromatic N) is 6. The molecule has 1 saturated heterocycles. The van der Waals surface area contributed by atoms with E-state index >= 15 is 0 Å². The van der Waals surface area contributed by atoms with Crippen LogP contribution in [0.15, 0.2) is 48.7 Å². The van der Waals surface area contributed by atoms with Crippen LogP contribution in [0, 0.1) is 0 Å². The van der Waals surface area contributed by atoms with E-state index in [-0.39, 0.29) is 0 Å². The van der Waals surface area contributed by atoms with Crippen LogP contribution < -0.4 is 15.0 Å². The summed E-state index contributed by atoms with van der Waals surface area (Å²) in [5.41, 5.74) is 0. The van der Waals surface area contributed by atoms with E-state index in [1.54, 1.807) is 6.20 Å². The molecule has 0 radical (unpaired) electrons. The van der Waals surface area contributed by atoms with Crippen molar-refractivity contribution in [2.45, 2.75) is 13.3 Å². The fourth-order valence-corrected chi connectivity index (χ4v) is 3.05. The Kier molecular flexibility index (Phi) is 5.81. The van der Waals surface area contributed by atoms with Crippen molar-refractivity contribution < 1.29 is 4.74 Å². The molecule has 3 aromatic rings. The van der Waals surface area contributed by atoms with E-state index in [0.29, 0.717) is 23.5 Å². The first-order valence-electron chi connectivity index (χ1n) is 9.84. The minimum Gasteiger partial charge on any atom is -0.457 e. The predicted octanol–water partition coefficient (Wildman–Crippen LogP) is 3.12. The highest BCUT2D eigenvalue weighted by Crippen LogP contribution is 2.24. The Hall–Kier alpha value is -3.26. The third kappa shape index (κ3) is 4.97. The van der Waals surface area contributed by atoms with Gasteiger partial charge in [0.2, 0.25) is 11.9 Å². The maximum absolute atomic E-state index is 5.88. The van der Waals surface area contributed by atoms with E-state index in [9.17, 15) is 0 Å². The molecule has 4 rings (SSSR count). The van der Waals surface area contributed by atoms with Gasteiger partial charge in [0, 0.05) is 44.9 Å². The fraction of sp³-hybridized carbons (Fsp3) is 0.333. The third-order valence-corrected chi connectivity index (χ3v) is 4.72. The number of para-hydroxylation sites is 1. The third-order valence-electron chi connectivity index (χ3n) is 4.72. The van der Waals surface area contributed by atoms with Gasteiger partial charge in [0.05, 0.1) is 0 Å². The number of aromatic nitrogens is 4. The molecule has 29 heavy (non-hydrogen) atoms. The number of ether oxygens (including phenoxy) is 1. The number of pyridine rings is 1. The average Bonchev–Trinajstić information content (AvgIpc) is 2.75. The van der Waals surface area contributed by atoms with Crippen LogP contribution in [-0.2, 0) is 6.42 Å². The van der Waals surface area contributed by atoms with Crippen molar-refractivity contribution in [3.63, 3.8) is 0 Å². The molecule has 1 aliphatic heterocycles. The Balaban J connectivity index is 1.53. The molecule has 150 valence electrons. The lowest BCUT2D eigenvalue weighted by Gasteiger charge is -2.32. The summed E-state index contributed by atoms with van der Waals surface area (Å²) in [6.45, 7) is 5.84. The van der Waals surface area contributed by atoms with Crippen LogP contribution in [0.2, 0.25) is 0 Å². The highest BCUT2D eigenvalue weighted by atomic mass is 16.5. The van der Waals surface area contributed by atoms with Gasteiger partial charge in [0.1, 0.15) is 23.1 Å². The second-order valence-corrected chi connectivity index (χ2v) is 6.94. The molecule has 0 saturated carbocycles. The van der Waals surface area contributed by atoms with E-state index in [0.717, 1.165) is 44.2 Å². The Labute approximate surface area is 170 Å². The maximum atomic E-state index is 5.88. The molecular weight excluding hydrogens is 366 g/mol. The Morgan fingerprint density at radius 2 is 1.76 bits per heavy atom. The quantitative estimate of drug-likeness (QED) is 0.687. The molecule has 1 N–H and O–H groups in total. The Morgan fingerprint density at radius 1 is 0.966 bits per heavy atom. The Bertz CT molecular complexity index is 943. The van der Waals surface area contributed by atoms with Crippen molar-refractivity contribution in [3.05, 3.63) is 54.5 Å². The molecule has 0 spiro atoms. The second kappa shape index (κ2) is 8.83. The second-order valence-electron chi connectivity index (χ2n) is 6.94. The molecule has 1 aliphatic rings. The van der Waals surface area contributed by atoms with Crippen LogP contribution in [0.5, 0.6) is 11.5 Å². The zero-order valence-corrected chi connectivity index (χ0v) is 16.7. The summed E-state index contributed by atoms with van der Waals surface area (Å²) >= 11 is 0. The zero-order valence-electron chi connectivity index (χ0n) is 16.7. The summed E-state index contributed by atoms with van der Waals surface area (Å²) in [7, 11) is 2.13. The van der Waals surface area contributed by atoms with Crippen LogP contribution in [-0.4, -0.2) is 58.1 Å². The van der Waals surface area contributed by atoms with Crippen molar-refractivity contribution in [1.82, 2.24) is 24.8 Å². The first kappa shape index (κ1) is 19.1. The van der Waals surface area contributed by atoms with E-state index < -0.39 is 0 Å². The van der Waals surface area contributed by atoms with Crippen molar-refractivity contribution in [3.8, 4) is 11.5 Å². The molecule has 1 aromatic carbocycles. The normalized spacial score (nSPS) is 14.6. The highest BCUT2D eigenvalue weighted by Gasteiger charge is 2.18. The molecule has 2 aromatic heterocycles. The minimum absolute atomic E-state index is 0.495. The first-order chi connectivity index (χ1) is 14.2. The number of likely N-dealkylation sites (N-methyl/N-ethyl adjacent to an activating group) is 1. The van der Waals surface area contributed by atoms with Gasteiger partial charge >= 0.3 is 0 Å². The van der Waals surface area contributed by atoms with Crippen LogP contribution in [0.1, 0.15) is 12.7 Å². The van der Waals surface area contributed by atoms with E-state index in [2.05, 4.69) is 42.1 Å². The highest BCUT2D eigenvalue weighted by molar-refractivity contribution is 5.52. The number of hydrogen-bond acceptors (Lipinski definition) is 8. The number of rotatable bonds is 6. The topological polar surface area (TPSA) is 79.3 Å². The van der Waals surface area contributed by atoms with Gasteiger partial charge in [0.25, 0.3) is 0 Å². The van der Waals surface area contributed by atoms with Gasteiger partial charge in [-0.15, -0.1) is 0 Å². The van der Waals surface area contributed by atoms with Crippen LogP contribution >= 0.6 is 0 Å².